The molecule has 0 atom stereocenters. The summed E-state index contributed by atoms with van der Waals surface area (Å²) < 4.78 is 2.69. The highest BCUT2D eigenvalue weighted by molar-refractivity contribution is 7.71. The van der Waals surface area contributed by atoms with Crippen molar-refractivity contribution < 1.29 is 0 Å². The second-order valence-electron chi connectivity index (χ2n) is 6.81. The lowest BCUT2D eigenvalue weighted by atomic mass is 10.1. The largest absolute Gasteiger partial charge is 0.335 e. The molecule has 25 heavy (non-hydrogen) atoms. The highest BCUT2D eigenvalue weighted by Gasteiger charge is 2.22. The number of nitrogens with one attached hydrogen (secondary N) is 2. The van der Waals surface area contributed by atoms with E-state index in [0.29, 0.717) is 17.4 Å². The van der Waals surface area contributed by atoms with Crippen molar-refractivity contribution >= 4 is 23.3 Å². The minimum absolute atomic E-state index is 0.0826. The summed E-state index contributed by atoms with van der Waals surface area (Å²) in [5.41, 5.74) is 3.84. The fraction of sp³-hybridized carbons (Fsp3) is 0.389. The molecule has 3 heterocycles. The van der Waals surface area contributed by atoms with Gasteiger partial charge in [0.1, 0.15) is 5.82 Å². The molecule has 1 aromatic carbocycles. The molecule has 0 unspecified atom stereocenters. The number of imidazole rings is 1. The first-order valence-electron chi connectivity index (χ1n) is 8.55. The molecule has 0 radical (unpaired) electrons. The molecule has 2 N–H and O–H groups in total. The van der Waals surface area contributed by atoms with Crippen LogP contribution in [0, 0.1) is 4.77 Å². The first kappa shape index (κ1) is 16.2. The molecule has 1 aliphatic rings. The number of hydrogen-bond donors (Lipinski definition) is 2. The molecule has 0 fully saturated rings. The van der Waals surface area contributed by atoms with E-state index in [1.165, 1.54) is 0 Å². The van der Waals surface area contributed by atoms with Gasteiger partial charge in [-0.15, -0.1) is 0 Å². The number of fused-ring (bicyclic) bond motifs is 2. The van der Waals surface area contributed by atoms with Crippen molar-refractivity contribution in [1.82, 2.24) is 24.4 Å². The normalized spacial score (nSPS) is 15.0. The molecule has 0 aliphatic carbocycles. The number of aromatic nitrogens is 4. The van der Waals surface area contributed by atoms with Crippen LogP contribution in [0.3, 0.4) is 0 Å². The second-order valence-corrected chi connectivity index (χ2v) is 7.21. The maximum Gasteiger partial charge on any atom is 0.256 e. The molecule has 0 amide bonds. The van der Waals surface area contributed by atoms with E-state index in [1.54, 1.807) is 0 Å². The maximum absolute atomic E-state index is 12.2. The average molecular weight is 355 g/mol. The van der Waals surface area contributed by atoms with E-state index < -0.39 is 0 Å². The molecule has 4 rings (SSSR count). The molecule has 130 valence electrons. The van der Waals surface area contributed by atoms with Gasteiger partial charge < -0.3 is 9.55 Å². The highest BCUT2D eigenvalue weighted by atomic mass is 32.1. The molecule has 3 aromatic rings. The quantitative estimate of drug-likeness (QED) is 0.709. The van der Waals surface area contributed by atoms with Crippen molar-refractivity contribution in [3.8, 4) is 0 Å². The van der Waals surface area contributed by atoms with Gasteiger partial charge in [0.2, 0.25) is 0 Å². The lowest BCUT2D eigenvalue weighted by Crippen LogP contribution is -2.36. The third-order valence-corrected chi connectivity index (χ3v) is 4.94. The van der Waals surface area contributed by atoms with Crippen LogP contribution in [0.15, 0.2) is 29.1 Å². The molecular weight excluding hydrogens is 334 g/mol. The summed E-state index contributed by atoms with van der Waals surface area (Å²) in [4.78, 5) is 25.1. The SMILES string of the molecule is CC(C)n1c(CN2CCc3[nH]c(=S)[nH]c(=O)c3C2)nc2ccccc21. The van der Waals surface area contributed by atoms with Gasteiger partial charge in [0.05, 0.1) is 23.1 Å². The van der Waals surface area contributed by atoms with Gasteiger partial charge in [0, 0.05) is 31.2 Å². The Morgan fingerprint density at radius 3 is 2.88 bits per heavy atom. The van der Waals surface area contributed by atoms with Gasteiger partial charge in [-0.3, -0.25) is 14.7 Å². The van der Waals surface area contributed by atoms with Crippen LogP contribution >= 0.6 is 12.2 Å². The minimum Gasteiger partial charge on any atom is -0.335 e. The predicted molar refractivity (Wildman–Crippen MR) is 100 cm³/mol. The average Bonchev–Trinajstić information content (AvgIpc) is 2.93. The number of aromatic amines is 2. The van der Waals surface area contributed by atoms with Crippen LogP contribution in [-0.2, 0) is 19.5 Å². The molecule has 7 heteroatoms. The third kappa shape index (κ3) is 2.94. The summed E-state index contributed by atoms with van der Waals surface area (Å²) in [5, 5.41) is 0. The topological polar surface area (TPSA) is 69.7 Å². The van der Waals surface area contributed by atoms with E-state index in [-0.39, 0.29) is 5.56 Å². The summed E-state index contributed by atoms with van der Waals surface area (Å²) in [6, 6.07) is 8.56. The number of rotatable bonds is 3. The Bertz CT molecular complexity index is 1050. The zero-order valence-corrected chi connectivity index (χ0v) is 15.2. The first-order valence-corrected chi connectivity index (χ1v) is 8.96. The van der Waals surface area contributed by atoms with Gasteiger partial charge in [-0.1, -0.05) is 12.1 Å². The Morgan fingerprint density at radius 2 is 2.08 bits per heavy atom. The van der Waals surface area contributed by atoms with Crippen LogP contribution in [0.2, 0.25) is 0 Å². The summed E-state index contributed by atoms with van der Waals surface area (Å²) in [7, 11) is 0. The lowest BCUT2D eigenvalue weighted by molar-refractivity contribution is 0.231. The van der Waals surface area contributed by atoms with E-state index in [0.717, 1.165) is 47.6 Å². The zero-order valence-electron chi connectivity index (χ0n) is 14.4. The Hall–Kier alpha value is -2.25. The number of benzene rings is 1. The van der Waals surface area contributed by atoms with Crippen molar-refractivity contribution in [2.45, 2.75) is 39.4 Å². The van der Waals surface area contributed by atoms with Crippen molar-refractivity contribution in [3.63, 3.8) is 0 Å². The Morgan fingerprint density at radius 1 is 1.28 bits per heavy atom. The summed E-state index contributed by atoms with van der Waals surface area (Å²) >= 11 is 5.06. The molecule has 0 saturated heterocycles. The van der Waals surface area contributed by atoms with E-state index in [2.05, 4.69) is 39.3 Å². The monoisotopic (exact) mass is 355 g/mol. The van der Waals surface area contributed by atoms with E-state index in [9.17, 15) is 4.79 Å². The summed E-state index contributed by atoms with van der Waals surface area (Å²) in [5.74, 6) is 1.04. The van der Waals surface area contributed by atoms with Gasteiger partial charge >= 0.3 is 0 Å². The van der Waals surface area contributed by atoms with Crippen LogP contribution in [-0.4, -0.2) is 31.0 Å². The van der Waals surface area contributed by atoms with Gasteiger partial charge in [0.25, 0.3) is 5.56 Å². The number of H-pyrrole nitrogens is 2. The van der Waals surface area contributed by atoms with E-state index in [1.807, 2.05) is 18.2 Å². The molecule has 0 spiro atoms. The van der Waals surface area contributed by atoms with Gasteiger partial charge in [-0.25, -0.2) is 4.98 Å². The molecule has 1 aliphatic heterocycles. The van der Waals surface area contributed by atoms with Crippen LogP contribution < -0.4 is 5.56 Å². The number of nitrogens with zero attached hydrogens (tertiary/aromatic N) is 3. The molecule has 6 nitrogen and oxygen atoms in total. The van der Waals surface area contributed by atoms with Gasteiger partial charge in [0.15, 0.2) is 4.77 Å². The number of hydrogen-bond acceptors (Lipinski definition) is 4. The Kier molecular flexibility index (Phi) is 4.05. The maximum atomic E-state index is 12.2. The van der Waals surface area contributed by atoms with Crippen molar-refractivity contribution in [2.75, 3.05) is 6.54 Å². The van der Waals surface area contributed by atoms with E-state index >= 15 is 0 Å². The first-order chi connectivity index (χ1) is 12.0. The van der Waals surface area contributed by atoms with Crippen molar-refractivity contribution in [2.24, 2.45) is 0 Å². The smallest absolute Gasteiger partial charge is 0.256 e. The van der Waals surface area contributed by atoms with Crippen LogP contribution in [0.4, 0.5) is 0 Å². The molecule has 2 aromatic heterocycles. The Labute approximate surface area is 150 Å². The minimum atomic E-state index is -0.0826. The number of para-hydroxylation sites is 2. The molecule has 0 saturated carbocycles. The molecular formula is C18H21N5OS. The predicted octanol–water partition coefficient (Wildman–Crippen LogP) is 2.92. The standard InChI is InChI=1S/C18H21N5OS/c1-11(2)23-15-6-4-3-5-14(15)19-16(23)10-22-8-7-13-12(9-22)17(24)21-18(25)20-13/h3-6,11H,7-10H2,1-2H3,(H2,20,21,24,25). The fourth-order valence-electron chi connectivity index (χ4n) is 3.63. The fourth-order valence-corrected chi connectivity index (χ4v) is 3.85. The molecule has 0 bridgehead atoms. The van der Waals surface area contributed by atoms with E-state index in [4.69, 9.17) is 17.2 Å². The van der Waals surface area contributed by atoms with Crippen LogP contribution in [0.25, 0.3) is 11.0 Å². The third-order valence-electron chi connectivity index (χ3n) is 4.74. The lowest BCUT2D eigenvalue weighted by Gasteiger charge is -2.28. The summed E-state index contributed by atoms with van der Waals surface area (Å²) in [6.45, 7) is 6.56. The van der Waals surface area contributed by atoms with Crippen molar-refractivity contribution in [1.29, 1.82) is 0 Å². The van der Waals surface area contributed by atoms with Crippen LogP contribution in [0.5, 0.6) is 0 Å². The highest BCUT2D eigenvalue weighted by Crippen LogP contribution is 2.23. The van der Waals surface area contributed by atoms with Crippen molar-refractivity contribution in [3.05, 3.63) is 56.5 Å². The zero-order chi connectivity index (χ0) is 17.6. The van der Waals surface area contributed by atoms with Gasteiger partial charge in [-0.2, -0.15) is 0 Å². The Balaban J connectivity index is 1.67. The van der Waals surface area contributed by atoms with Crippen LogP contribution in [0.1, 0.15) is 37.0 Å². The second kappa shape index (κ2) is 6.24. The summed E-state index contributed by atoms with van der Waals surface area (Å²) in [6.07, 6.45) is 0.796. The van der Waals surface area contributed by atoms with Gasteiger partial charge in [-0.05, 0) is 38.2 Å².